The molecule has 37 heavy (non-hydrogen) atoms. The summed E-state index contributed by atoms with van der Waals surface area (Å²) in [6, 6.07) is 9.00. The van der Waals surface area contributed by atoms with Crippen molar-refractivity contribution in [3.8, 4) is 11.5 Å². The average Bonchev–Trinajstić information content (AvgIpc) is 2.87. The van der Waals surface area contributed by atoms with Gasteiger partial charge in [-0.1, -0.05) is 0 Å². The summed E-state index contributed by atoms with van der Waals surface area (Å²) in [5, 5.41) is 17.6. The molecule has 1 amide bonds. The molecule has 4 heterocycles. The number of carbonyl (C=O) groups excluding carboxylic acids is 1. The number of halogens is 3. The number of fused-ring (bicyclic) bond motifs is 2. The van der Waals surface area contributed by atoms with Crippen LogP contribution < -0.4 is 20.1 Å². The highest BCUT2D eigenvalue weighted by Crippen LogP contribution is 2.27. The lowest BCUT2D eigenvalue weighted by molar-refractivity contribution is -0.118. The van der Waals surface area contributed by atoms with E-state index in [4.69, 9.17) is 9.47 Å². The van der Waals surface area contributed by atoms with Crippen molar-refractivity contribution in [2.45, 2.75) is 31.5 Å². The monoisotopic (exact) mass is 553 g/mol. The summed E-state index contributed by atoms with van der Waals surface area (Å²) in [5.74, 6) is 1.08. The highest BCUT2D eigenvalue weighted by atomic mass is 35.5. The largest absolute Gasteiger partial charge is 0.497 e. The SMILES string of the molecule is COc1ccc2ncc(F)c(CCN3CCC(NCc4ccc5c(n4)NC(=O)CO5)C(O)C3)c2c1.Cl.Cl. The highest BCUT2D eigenvalue weighted by molar-refractivity contribution is 5.94. The van der Waals surface area contributed by atoms with Crippen LogP contribution in [0.5, 0.6) is 11.5 Å². The Kier molecular flexibility index (Phi) is 9.86. The summed E-state index contributed by atoms with van der Waals surface area (Å²) in [4.78, 5) is 22.3. The van der Waals surface area contributed by atoms with E-state index >= 15 is 0 Å². The highest BCUT2D eigenvalue weighted by Gasteiger charge is 2.28. The maximum Gasteiger partial charge on any atom is 0.263 e. The van der Waals surface area contributed by atoms with Crippen LogP contribution in [0.2, 0.25) is 0 Å². The number of methoxy groups -OCH3 is 1. The molecule has 9 nitrogen and oxygen atoms in total. The van der Waals surface area contributed by atoms with Gasteiger partial charge in [-0.2, -0.15) is 0 Å². The van der Waals surface area contributed by atoms with Gasteiger partial charge in [0, 0.05) is 36.6 Å². The van der Waals surface area contributed by atoms with E-state index in [0.29, 0.717) is 48.9 Å². The lowest BCUT2D eigenvalue weighted by Crippen LogP contribution is -2.52. The van der Waals surface area contributed by atoms with E-state index in [1.807, 2.05) is 24.3 Å². The Morgan fingerprint density at radius 1 is 1.30 bits per heavy atom. The molecule has 2 atom stereocenters. The molecule has 0 radical (unpaired) electrons. The van der Waals surface area contributed by atoms with E-state index in [0.717, 1.165) is 29.6 Å². The minimum atomic E-state index is -0.566. The van der Waals surface area contributed by atoms with E-state index in [1.54, 1.807) is 13.2 Å². The molecule has 0 aliphatic carbocycles. The van der Waals surface area contributed by atoms with E-state index < -0.39 is 6.10 Å². The molecule has 2 unspecified atom stereocenters. The average molecular weight is 554 g/mol. The maximum absolute atomic E-state index is 14.6. The molecule has 0 spiro atoms. The predicted molar refractivity (Wildman–Crippen MR) is 143 cm³/mol. The van der Waals surface area contributed by atoms with Crippen LogP contribution in [0, 0.1) is 5.82 Å². The smallest absolute Gasteiger partial charge is 0.263 e. The van der Waals surface area contributed by atoms with Gasteiger partial charge in [0.15, 0.2) is 18.2 Å². The molecule has 3 N–H and O–H groups in total. The number of likely N-dealkylation sites (tertiary alicyclic amines) is 1. The predicted octanol–water partition coefficient (Wildman–Crippen LogP) is 2.72. The summed E-state index contributed by atoms with van der Waals surface area (Å²) in [6.45, 7) is 2.36. The van der Waals surface area contributed by atoms with Crippen molar-refractivity contribution in [3.05, 3.63) is 53.6 Å². The summed E-state index contributed by atoms with van der Waals surface area (Å²) < 4.78 is 25.3. The molecule has 2 aromatic heterocycles. The first-order valence-electron chi connectivity index (χ1n) is 11.7. The number of β-amino-alcohol motifs (C(OH)–C–C–N with tert-alkyl or cyclic N) is 1. The van der Waals surface area contributed by atoms with Gasteiger partial charge in [0.05, 0.1) is 30.6 Å². The third kappa shape index (κ3) is 6.58. The number of aliphatic hydroxyl groups excluding tert-OH is 1. The normalized spacial score (nSPS) is 19.2. The van der Waals surface area contributed by atoms with Crippen LogP contribution >= 0.6 is 24.8 Å². The molecule has 1 fully saturated rings. The van der Waals surface area contributed by atoms with Gasteiger partial charge in [-0.3, -0.25) is 9.78 Å². The molecule has 1 aromatic carbocycles. The van der Waals surface area contributed by atoms with Gasteiger partial charge in [-0.05, 0) is 49.7 Å². The van der Waals surface area contributed by atoms with Crippen molar-refractivity contribution in [2.75, 3.05) is 38.7 Å². The molecule has 1 saturated heterocycles. The molecule has 0 bridgehead atoms. The Morgan fingerprint density at radius 2 is 2.14 bits per heavy atom. The number of nitrogens with zero attached hydrogens (tertiary/aromatic N) is 3. The number of rotatable bonds is 7. The van der Waals surface area contributed by atoms with Crippen LogP contribution in [0.15, 0.2) is 36.5 Å². The zero-order valence-electron chi connectivity index (χ0n) is 20.3. The molecular formula is C25H30Cl2FN5O4. The first-order valence-corrected chi connectivity index (χ1v) is 11.7. The second-order valence-corrected chi connectivity index (χ2v) is 8.85. The summed E-state index contributed by atoms with van der Waals surface area (Å²) in [7, 11) is 1.58. The van der Waals surface area contributed by atoms with Crippen LogP contribution in [0.3, 0.4) is 0 Å². The van der Waals surface area contributed by atoms with Gasteiger partial charge in [-0.25, -0.2) is 9.37 Å². The Bertz CT molecular complexity index is 1250. The van der Waals surface area contributed by atoms with Gasteiger partial charge < -0.3 is 30.1 Å². The van der Waals surface area contributed by atoms with Crippen LogP contribution in [-0.2, 0) is 17.8 Å². The first-order chi connectivity index (χ1) is 17.0. The van der Waals surface area contributed by atoms with Crippen LogP contribution in [0.25, 0.3) is 10.9 Å². The number of anilines is 1. The van der Waals surface area contributed by atoms with E-state index in [-0.39, 0.29) is 49.2 Å². The molecule has 5 rings (SSSR count). The number of hydrogen-bond acceptors (Lipinski definition) is 8. The fraction of sp³-hybridized carbons (Fsp3) is 0.400. The van der Waals surface area contributed by atoms with E-state index in [2.05, 4.69) is 25.5 Å². The molecule has 3 aromatic rings. The van der Waals surface area contributed by atoms with Gasteiger partial charge in [0.2, 0.25) is 0 Å². The van der Waals surface area contributed by atoms with Crippen molar-refractivity contribution in [1.29, 1.82) is 0 Å². The van der Waals surface area contributed by atoms with E-state index in [9.17, 15) is 14.3 Å². The maximum atomic E-state index is 14.6. The topological polar surface area (TPSA) is 109 Å². The molecule has 12 heteroatoms. The Morgan fingerprint density at radius 3 is 2.92 bits per heavy atom. The van der Waals surface area contributed by atoms with Crippen molar-refractivity contribution in [1.82, 2.24) is 20.2 Å². The number of ether oxygens (including phenoxy) is 2. The van der Waals surface area contributed by atoms with Crippen LogP contribution in [0.1, 0.15) is 17.7 Å². The minimum Gasteiger partial charge on any atom is -0.497 e. The van der Waals surface area contributed by atoms with Crippen molar-refractivity contribution >= 4 is 47.4 Å². The molecule has 0 saturated carbocycles. The summed E-state index contributed by atoms with van der Waals surface area (Å²) in [5.41, 5.74) is 2.09. The quantitative estimate of drug-likeness (QED) is 0.409. The number of hydrogen-bond donors (Lipinski definition) is 3. The van der Waals surface area contributed by atoms with Gasteiger partial charge >= 0.3 is 0 Å². The number of pyridine rings is 2. The first kappa shape index (κ1) is 28.8. The number of amides is 1. The number of aliphatic hydroxyl groups is 1. The van der Waals surface area contributed by atoms with Crippen molar-refractivity contribution < 1.29 is 23.8 Å². The van der Waals surface area contributed by atoms with Gasteiger partial charge in [0.25, 0.3) is 5.91 Å². The third-order valence-electron chi connectivity index (χ3n) is 6.56. The molecule has 200 valence electrons. The van der Waals surface area contributed by atoms with Crippen LogP contribution in [-0.4, -0.2) is 71.4 Å². The lowest BCUT2D eigenvalue weighted by Gasteiger charge is -2.36. The summed E-state index contributed by atoms with van der Waals surface area (Å²) >= 11 is 0. The number of nitrogens with one attached hydrogen (secondary N) is 2. The fourth-order valence-electron chi connectivity index (χ4n) is 4.63. The number of piperidine rings is 1. The number of benzene rings is 1. The lowest BCUT2D eigenvalue weighted by atomic mass is 10.00. The Labute approximate surface area is 226 Å². The Balaban J connectivity index is 0.00000190. The molecule has 2 aliphatic rings. The second kappa shape index (κ2) is 12.7. The standard InChI is InChI=1S/C25H28FN5O4.2ClH/c1-34-16-3-4-20-18(10-16)17(19(26)12-28-20)6-8-31-9-7-21(22(32)13-31)27-11-15-2-5-23-25(29-15)30-24(33)14-35-23;;/h2-5,10,12,21-22,27,32H,6-9,11,13-14H2,1H3,(H,29,30,33);2*1H. The molecular weight excluding hydrogens is 524 g/mol. The van der Waals surface area contributed by atoms with Crippen molar-refractivity contribution in [2.24, 2.45) is 0 Å². The van der Waals surface area contributed by atoms with Crippen molar-refractivity contribution in [3.63, 3.8) is 0 Å². The number of carbonyl (C=O) groups is 1. The fourth-order valence-corrected chi connectivity index (χ4v) is 4.63. The Hall–Kier alpha value is -2.76. The summed E-state index contributed by atoms with van der Waals surface area (Å²) in [6.07, 6.45) is 1.96. The number of aromatic nitrogens is 2. The van der Waals surface area contributed by atoms with Gasteiger partial charge in [0.1, 0.15) is 11.6 Å². The minimum absolute atomic E-state index is 0. The van der Waals surface area contributed by atoms with Gasteiger partial charge in [-0.15, -0.1) is 24.8 Å². The third-order valence-corrected chi connectivity index (χ3v) is 6.56. The zero-order valence-corrected chi connectivity index (χ0v) is 21.9. The zero-order chi connectivity index (χ0) is 24.4. The molecule has 2 aliphatic heterocycles. The van der Waals surface area contributed by atoms with Crippen LogP contribution in [0.4, 0.5) is 10.2 Å². The van der Waals surface area contributed by atoms with E-state index in [1.165, 1.54) is 6.20 Å². The second-order valence-electron chi connectivity index (χ2n) is 8.85.